The molecule has 8 heterocycles. The number of nitrogen functional groups attached to an aromatic ring is 2. The third kappa shape index (κ3) is 11.0. The predicted molar refractivity (Wildman–Crippen MR) is 242 cm³/mol. The van der Waals surface area contributed by atoms with Gasteiger partial charge in [-0.2, -0.15) is 9.97 Å². The second-order valence-electron chi connectivity index (χ2n) is 15.7. The third-order valence-electron chi connectivity index (χ3n) is 11.3. The van der Waals surface area contributed by atoms with Crippen molar-refractivity contribution in [3.05, 3.63) is 66.5 Å². The summed E-state index contributed by atoms with van der Waals surface area (Å²) < 4.78 is 112. The highest BCUT2D eigenvalue weighted by molar-refractivity contribution is 8.44. The normalized spacial score (nSPS) is 30.2. The van der Waals surface area contributed by atoms with Gasteiger partial charge in [0.1, 0.15) is 54.9 Å². The number of nitrogens with two attached hydrogens (primary N) is 2. The van der Waals surface area contributed by atoms with E-state index in [4.69, 9.17) is 67.0 Å². The number of imidazole rings is 2. The average molecular weight is 1100 g/mol. The van der Waals surface area contributed by atoms with Gasteiger partial charge in [0.2, 0.25) is 11.9 Å². The van der Waals surface area contributed by atoms with Gasteiger partial charge >= 0.3 is 28.1 Å². The van der Waals surface area contributed by atoms with Gasteiger partial charge in [0.15, 0.2) is 41.0 Å². The van der Waals surface area contributed by atoms with Gasteiger partial charge in [-0.15, -0.1) is 0 Å². The number of thiol groups is 1. The summed E-state index contributed by atoms with van der Waals surface area (Å²) in [7, 11) is -6.80. The minimum Gasteiger partial charge on any atom is -0.394 e. The van der Waals surface area contributed by atoms with Gasteiger partial charge in [0.25, 0.3) is 16.7 Å². The summed E-state index contributed by atoms with van der Waals surface area (Å²) in [5.74, 6) is -0.546. The molecule has 5 aromatic heterocycles. The molecular formula is C34H47N12O22P3S. The van der Waals surface area contributed by atoms with Gasteiger partial charge < -0.3 is 54.8 Å². The van der Waals surface area contributed by atoms with Crippen molar-refractivity contribution in [2.24, 2.45) is 0 Å². The Balaban J connectivity index is 1.03. The Labute approximate surface area is 407 Å². The van der Waals surface area contributed by atoms with E-state index in [1.54, 1.807) is 0 Å². The summed E-state index contributed by atoms with van der Waals surface area (Å²) in [4.78, 5) is 94.9. The third-order valence-corrected chi connectivity index (χ3v) is 15.0. The topological polar surface area (TPSA) is 457 Å². The van der Waals surface area contributed by atoms with Crippen LogP contribution in [0.1, 0.15) is 25.6 Å². The summed E-state index contributed by atoms with van der Waals surface area (Å²) >= 11 is 4.13. The minimum atomic E-state index is -5.45. The van der Waals surface area contributed by atoms with Crippen molar-refractivity contribution < 1.29 is 84.2 Å². The Kier molecular flexibility index (Phi) is 15.9. The number of hydrogen-bond acceptors (Lipinski definition) is 26. The zero-order valence-electron chi connectivity index (χ0n) is 37.7. The smallest absolute Gasteiger partial charge is 0.394 e. The molecular weight excluding hydrogens is 1050 g/mol. The molecule has 72 heavy (non-hydrogen) atoms. The monoisotopic (exact) mass is 1100 g/mol. The average Bonchev–Trinajstić information content (AvgIpc) is 4.13. The van der Waals surface area contributed by atoms with Crippen molar-refractivity contribution in [3.63, 3.8) is 0 Å². The quantitative estimate of drug-likeness (QED) is 0.0288. The van der Waals surface area contributed by atoms with E-state index in [1.807, 2.05) is 4.98 Å². The SMILES string of the molecule is CCOP(=O)(O)OC1C(OC)[C@H](n2cnc3c(=O)[nH]c(N)nc32)O[C@@H]1COP(=O)(O)OC1C(OC)[C@H](n2ccc(=O)[nH]c2=O)O[C@@H]1COP(=O)(S)OC1C(OC)[C@H](n2cnc3c(=O)[nH]c(N)nc32)O[C@@H]1CO. The van der Waals surface area contributed by atoms with Crippen molar-refractivity contribution in [2.75, 3.05) is 59.2 Å². The molecule has 0 bridgehead atoms. The number of aliphatic hydroxyl groups is 1. The number of phosphoric ester groups is 2. The molecule has 0 spiro atoms. The lowest BCUT2D eigenvalue weighted by Gasteiger charge is -2.28. The van der Waals surface area contributed by atoms with Crippen molar-refractivity contribution in [1.82, 2.24) is 48.6 Å². The van der Waals surface area contributed by atoms with Gasteiger partial charge in [0.05, 0.1) is 39.1 Å². The standard InChI is InChI=1S/C34H47N12O22P3S/c1-5-60-69(52,53)66-20-14(65-31(24(20)59-4)46-12-38-18-26(46)41-33(36)43-28(18)50)9-61-70(54,55)67-21-15(64-29(23(21)58-3)44-7-6-16(48)39-34(44)51)10-62-71(56,72)68-19-13(8-47)63-30(22(19)57-2)45-11-37-17-25(45)40-32(35)42-27(17)49/h6-7,11-15,19-24,29-31,47H,5,8-10H2,1-4H3,(H,52,53)(H,54,55)(H,56,72)(H,39,48,51)(H3,35,40,42,49)(H3,36,41,43,50)/t13-,14-,15-,19?,20?,21?,22?,23?,24?,29-,30-,31-,71?/m1/s1. The molecule has 5 aromatic rings. The first-order valence-corrected chi connectivity index (χ1v) is 26.7. The number of methoxy groups -OCH3 is 3. The highest BCUT2D eigenvalue weighted by atomic mass is 32.7. The van der Waals surface area contributed by atoms with Gasteiger partial charge in [-0.1, -0.05) is 12.2 Å². The number of anilines is 2. The van der Waals surface area contributed by atoms with E-state index < -0.39 is 138 Å². The first-order valence-electron chi connectivity index (χ1n) is 21.0. The zero-order chi connectivity index (χ0) is 52.0. The van der Waals surface area contributed by atoms with Gasteiger partial charge in [-0.05, 0) is 6.92 Å². The van der Waals surface area contributed by atoms with Crippen molar-refractivity contribution in [3.8, 4) is 0 Å². The first-order chi connectivity index (χ1) is 34.1. The molecule has 0 aliphatic carbocycles. The van der Waals surface area contributed by atoms with Crippen LogP contribution < -0.4 is 33.8 Å². The maximum atomic E-state index is 14.1. The number of rotatable bonds is 21. The van der Waals surface area contributed by atoms with Crippen molar-refractivity contribution in [2.45, 2.75) is 80.5 Å². The predicted octanol–water partition coefficient (Wildman–Crippen LogP) is -1.84. The molecule has 3 fully saturated rings. The van der Waals surface area contributed by atoms with E-state index in [-0.39, 0.29) is 40.8 Å². The summed E-state index contributed by atoms with van der Waals surface area (Å²) in [5.41, 5.74) is 7.92. The van der Waals surface area contributed by atoms with Crippen LogP contribution >= 0.6 is 34.7 Å². The second-order valence-corrected chi connectivity index (χ2v) is 21.4. The van der Waals surface area contributed by atoms with Crippen LogP contribution in [0.15, 0.2) is 44.1 Å². The summed E-state index contributed by atoms with van der Waals surface area (Å²) in [6.45, 7) is -6.12. The zero-order valence-corrected chi connectivity index (χ0v) is 41.3. The summed E-state index contributed by atoms with van der Waals surface area (Å²) in [6, 6.07) is 0.969. The maximum absolute atomic E-state index is 14.1. The number of aromatic amines is 3. The fraction of sp³-hybridized carbons (Fsp3) is 0.588. The fourth-order valence-electron chi connectivity index (χ4n) is 8.28. The van der Waals surface area contributed by atoms with E-state index in [9.17, 15) is 47.8 Å². The summed E-state index contributed by atoms with van der Waals surface area (Å²) in [6.07, 6.45) is -14.3. The molecule has 38 heteroatoms. The minimum absolute atomic E-state index is 0.0280. The van der Waals surface area contributed by atoms with Gasteiger partial charge in [-0.25, -0.2) is 28.5 Å². The number of phosphoric acid groups is 2. The summed E-state index contributed by atoms with van der Waals surface area (Å²) in [5, 5.41) is 10.3. The molecule has 15 atom stereocenters. The highest BCUT2D eigenvalue weighted by Gasteiger charge is 2.55. The van der Waals surface area contributed by atoms with E-state index >= 15 is 0 Å². The Bertz CT molecular complexity index is 3170. The van der Waals surface area contributed by atoms with Crippen LogP contribution in [0.3, 0.4) is 0 Å². The lowest BCUT2D eigenvalue weighted by molar-refractivity contribution is -0.0626. The number of nitrogens with one attached hydrogen (secondary N) is 3. The first kappa shape index (κ1) is 53.7. The number of nitrogens with zero attached hydrogens (tertiary/aromatic N) is 7. The molecule has 3 aliphatic rings. The maximum Gasteiger partial charge on any atom is 0.472 e. The number of hydrogen-bond donors (Lipinski definition) is 9. The number of aliphatic hydroxyl groups excluding tert-OH is 1. The van der Waals surface area contributed by atoms with Crippen molar-refractivity contribution in [1.29, 1.82) is 0 Å². The van der Waals surface area contributed by atoms with Crippen LogP contribution in [0, 0.1) is 0 Å². The second kappa shape index (κ2) is 21.3. The molecule has 0 amide bonds. The fourth-order valence-corrected chi connectivity index (χ4v) is 11.7. The lowest BCUT2D eigenvalue weighted by Crippen LogP contribution is -2.40. The van der Waals surface area contributed by atoms with E-state index in [2.05, 4.69) is 42.2 Å². The number of H-pyrrole nitrogens is 3. The van der Waals surface area contributed by atoms with E-state index in [1.165, 1.54) is 36.6 Å². The number of ether oxygens (including phenoxy) is 6. The van der Waals surface area contributed by atoms with E-state index in [0.717, 1.165) is 30.3 Å². The highest BCUT2D eigenvalue weighted by Crippen LogP contribution is 2.58. The molecule has 396 valence electrons. The van der Waals surface area contributed by atoms with Crippen LogP contribution in [0.2, 0.25) is 0 Å². The Morgan fingerprint density at radius 3 is 1.57 bits per heavy atom. The lowest BCUT2D eigenvalue weighted by atomic mass is 10.1. The molecule has 3 aliphatic heterocycles. The molecule has 9 unspecified atom stereocenters. The molecule has 0 saturated carbocycles. The molecule has 34 nitrogen and oxygen atoms in total. The van der Waals surface area contributed by atoms with Crippen molar-refractivity contribution >= 4 is 68.9 Å². The van der Waals surface area contributed by atoms with Crippen LogP contribution in [-0.2, 0) is 69.3 Å². The van der Waals surface area contributed by atoms with E-state index in [0.29, 0.717) is 0 Å². The largest absolute Gasteiger partial charge is 0.472 e. The molecule has 0 aromatic carbocycles. The number of aromatic nitrogens is 10. The molecule has 10 N–H and O–H groups in total. The Morgan fingerprint density at radius 2 is 1.11 bits per heavy atom. The molecule has 0 radical (unpaired) electrons. The number of fused-ring (bicyclic) bond motifs is 2. The Hall–Kier alpha value is -4.58. The van der Waals surface area contributed by atoms with Gasteiger partial charge in [0, 0.05) is 33.6 Å². The Morgan fingerprint density at radius 1 is 0.667 bits per heavy atom. The van der Waals surface area contributed by atoms with Crippen LogP contribution in [-0.4, -0.2) is 166 Å². The van der Waals surface area contributed by atoms with Crippen LogP contribution in [0.5, 0.6) is 0 Å². The van der Waals surface area contributed by atoms with Crippen LogP contribution in [0.25, 0.3) is 22.3 Å². The van der Waals surface area contributed by atoms with Crippen LogP contribution in [0.4, 0.5) is 11.9 Å². The molecule has 3 saturated heterocycles. The van der Waals surface area contributed by atoms with Gasteiger partial charge in [-0.3, -0.25) is 70.2 Å². The molecule has 8 rings (SSSR count).